The first-order chi connectivity index (χ1) is 8.42. The van der Waals surface area contributed by atoms with Gasteiger partial charge in [0, 0.05) is 0 Å². The molecule has 0 spiro atoms. The molecule has 17 heavy (non-hydrogen) atoms. The Labute approximate surface area is 103 Å². The minimum atomic E-state index is 1.00. The fourth-order valence-corrected chi connectivity index (χ4v) is 7.66. The molecule has 4 fully saturated rings. The van der Waals surface area contributed by atoms with Gasteiger partial charge in [-0.2, -0.15) is 0 Å². The Morgan fingerprint density at radius 1 is 0.471 bits per heavy atom. The molecule has 0 amide bonds. The third kappa shape index (κ3) is 0.744. The number of hydrogen-bond donors (Lipinski definition) is 0. The summed E-state index contributed by atoms with van der Waals surface area (Å²) >= 11 is 0. The van der Waals surface area contributed by atoms with E-state index in [4.69, 9.17) is 0 Å². The van der Waals surface area contributed by atoms with E-state index in [1.807, 2.05) is 0 Å². The summed E-state index contributed by atoms with van der Waals surface area (Å²) < 4.78 is 0. The zero-order chi connectivity index (χ0) is 10.7. The molecular formula is C17H20. The number of allylic oxidation sites excluding steroid dienone is 4. The molecule has 0 N–H and O–H groups in total. The lowest BCUT2D eigenvalue weighted by atomic mass is 9.62. The van der Waals surface area contributed by atoms with Crippen molar-refractivity contribution in [2.75, 3.05) is 0 Å². The third-order valence-corrected chi connectivity index (χ3v) is 7.69. The molecule has 0 heterocycles. The van der Waals surface area contributed by atoms with Gasteiger partial charge in [0.05, 0.1) is 0 Å². The lowest BCUT2D eigenvalue weighted by molar-refractivity contribution is 0.0811. The van der Waals surface area contributed by atoms with Crippen LogP contribution in [-0.2, 0) is 0 Å². The van der Waals surface area contributed by atoms with Gasteiger partial charge >= 0.3 is 0 Å². The molecule has 0 heteroatoms. The summed E-state index contributed by atoms with van der Waals surface area (Å²) in [6.07, 6.45) is 15.0. The molecule has 0 aromatic rings. The van der Waals surface area contributed by atoms with Gasteiger partial charge < -0.3 is 0 Å². The van der Waals surface area contributed by atoms with E-state index in [0.29, 0.717) is 0 Å². The van der Waals surface area contributed by atoms with Gasteiger partial charge in [0.1, 0.15) is 0 Å². The van der Waals surface area contributed by atoms with Crippen molar-refractivity contribution in [1.82, 2.24) is 0 Å². The SMILES string of the molecule is C1=C[C@H]2C[C@@H]1C1C3CC(C4C3[C@H]3C=C[C@@H]4C3)C12. The maximum atomic E-state index is 2.59. The van der Waals surface area contributed by atoms with Crippen molar-refractivity contribution in [3.05, 3.63) is 24.3 Å². The molecule has 6 bridgehead atoms. The average Bonchev–Trinajstić information content (AvgIpc) is 3.14. The summed E-state index contributed by atoms with van der Waals surface area (Å²) in [6, 6.07) is 0. The quantitative estimate of drug-likeness (QED) is 0.436. The van der Waals surface area contributed by atoms with Crippen molar-refractivity contribution in [1.29, 1.82) is 0 Å². The van der Waals surface area contributed by atoms with Gasteiger partial charge in [-0.25, -0.2) is 0 Å². The normalized spacial score (nSPS) is 71.5. The summed E-state index contributed by atoms with van der Waals surface area (Å²) in [7, 11) is 0. The maximum absolute atomic E-state index is 2.59. The van der Waals surface area contributed by atoms with Crippen LogP contribution in [0.15, 0.2) is 24.3 Å². The van der Waals surface area contributed by atoms with Gasteiger partial charge in [0.25, 0.3) is 0 Å². The molecule has 10 atom stereocenters. The molecule has 0 saturated heterocycles. The van der Waals surface area contributed by atoms with E-state index in [9.17, 15) is 0 Å². The highest BCUT2D eigenvalue weighted by molar-refractivity contribution is 5.27. The van der Waals surface area contributed by atoms with Crippen LogP contribution < -0.4 is 0 Å². The fraction of sp³-hybridized carbons (Fsp3) is 0.765. The van der Waals surface area contributed by atoms with Crippen LogP contribution in [0.3, 0.4) is 0 Å². The molecule has 88 valence electrons. The Kier molecular flexibility index (Phi) is 1.23. The van der Waals surface area contributed by atoms with Crippen LogP contribution in [0, 0.1) is 59.2 Å². The van der Waals surface area contributed by atoms with Crippen LogP contribution in [0.4, 0.5) is 0 Å². The van der Waals surface area contributed by atoms with E-state index in [1.165, 1.54) is 12.8 Å². The van der Waals surface area contributed by atoms with Crippen LogP contribution >= 0.6 is 0 Å². The summed E-state index contributed by atoms with van der Waals surface area (Å²) in [6.45, 7) is 0. The Bertz CT molecular complexity index is 381. The van der Waals surface area contributed by atoms with E-state index < -0.39 is 0 Å². The first kappa shape index (κ1) is 8.56. The summed E-state index contributed by atoms with van der Waals surface area (Å²) in [5, 5.41) is 0. The molecule has 0 aromatic carbocycles. The average molecular weight is 224 g/mol. The van der Waals surface area contributed by atoms with E-state index in [0.717, 1.165) is 59.2 Å². The molecule has 0 aromatic heterocycles. The van der Waals surface area contributed by atoms with Crippen LogP contribution in [-0.4, -0.2) is 0 Å². The highest BCUT2D eigenvalue weighted by Gasteiger charge is 2.68. The lowest BCUT2D eigenvalue weighted by Crippen LogP contribution is -2.38. The predicted octanol–water partition coefficient (Wildman–Crippen LogP) is 3.51. The van der Waals surface area contributed by atoms with Gasteiger partial charge in [-0.15, -0.1) is 0 Å². The van der Waals surface area contributed by atoms with Gasteiger partial charge in [0.15, 0.2) is 0 Å². The molecule has 4 saturated carbocycles. The van der Waals surface area contributed by atoms with Gasteiger partial charge in [-0.3, -0.25) is 0 Å². The molecule has 0 radical (unpaired) electrons. The highest BCUT2D eigenvalue weighted by atomic mass is 14.7. The number of hydrogen-bond acceptors (Lipinski definition) is 0. The van der Waals surface area contributed by atoms with Crippen molar-refractivity contribution < 1.29 is 0 Å². The maximum Gasteiger partial charge on any atom is -0.0194 e. The minimum Gasteiger partial charge on any atom is -0.0848 e. The summed E-state index contributed by atoms with van der Waals surface area (Å²) in [5.41, 5.74) is 0. The predicted molar refractivity (Wildman–Crippen MR) is 67.0 cm³/mol. The van der Waals surface area contributed by atoms with Crippen LogP contribution in [0.25, 0.3) is 0 Å². The number of fused-ring (bicyclic) bond motifs is 16. The molecule has 6 aliphatic rings. The summed E-state index contributed by atoms with van der Waals surface area (Å²) in [4.78, 5) is 0. The largest absolute Gasteiger partial charge is 0.0848 e. The number of rotatable bonds is 0. The molecular weight excluding hydrogens is 204 g/mol. The zero-order valence-electron chi connectivity index (χ0n) is 10.2. The van der Waals surface area contributed by atoms with Crippen LogP contribution in [0.5, 0.6) is 0 Å². The van der Waals surface area contributed by atoms with Crippen molar-refractivity contribution in [3.63, 3.8) is 0 Å². The minimum absolute atomic E-state index is 1.00. The monoisotopic (exact) mass is 224 g/mol. The van der Waals surface area contributed by atoms with Gasteiger partial charge in [-0.1, -0.05) is 24.3 Å². The van der Waals surface area contributed by atoms with E-state index in [2.05, 4.69) is 24.3 Å². The van der Waals surface area contributed by atoms with E-state index in [1.54, 1.807) is 6.42 Å². The van der Waals surface area contributed by atoms with Gasteiger partial charge in [0.2, 0.25) is 0 Å². The Morgan fingerprint density at radius 2 is 0.824 bits per heavy atom. The molecule has 6 rings (SSSR count). The lowest BCUT2D eigenvalue weighted by Gasteiger charge is -2.42. The second kappa shape index (κ2) is 2.44. The van der Waals surface area contributed by atoms with Crippen molar-refractivity contribution >= 4 is 0 Å². The third-order valence-electron chi connectivity index (χ3n) is 7.69. The fourth-order valence-electron chi connectivity index (χ4n) is 7.66. The Morgan fingerprint density at radius 3 is 1.18 bits per heavy atom. The zero-order valence-corrected chi connectivity index (χ0v) is 10.2. The second-order valence-electron chi connectivity index (χ2n) is 7.77. The van der Waals surface area contributed by atoms with E-state index >= 15 is 0 Å². The Hall–Kier alpha value is -0.520. The first-order valence-corrected chi connectivity index (χ1v) is 7.78. The topological polar surface area (TPSA) is 0 Å². The smallest absolute Gasteiger partial charge is 0.0194 e. The first-order valence-electron chi connectivity index (χ1n) is 7.78. The second-order valence-corrected chi connectivity index (χ2v) is 7.77. The van der Waals surface area contributed by atoms with Crippen LogP contribution in [0.2, 0.25) is 0 Å². The molecule has 6 unspecified atom stereocenters. The Balaban J connectivity index is 1.51. The van der Waals surface area contributed by atoms with Crippen molar-refractivity contribution in [2.24, 2.45) is 59.2 Å². The van der Waals surface area contributed by atoms with Crippen molar-refractivity contribution in [3.8, 4) is 0 Å². The van der Waals surface area contributed by atoms with Crippen molar-refractivity contribution in [2.45, 2.75) is 19.3 Å². The summed E-state index contributed by atoms with van der Waals surface area (Å²) in [5.74, 6) is 10.8. The highest BCUT2D eigenvalue weighted by Crippen LogP contribution is 2.74. The molecule has 6 aliphatic carbocycles. The van der Waals surface area contributed by atoms with Gasteiger partial charge in [-0.05, 0) is 78.4 Å². The standard InChI is InChI=1S/C17H20/c1-2-9-5-8(1)14-12-7-13(15(9)14)17-11-4-3-10(6-11)16(12)17/h1-4,8-17H,5-7H2/t8-,9+,10+,11-,12?,13?,14?,15?,16?,17?. The molecule has 0 aliphatic heterocycles. The van der Waals surface area contributed by atoms with E-state index in [-0.39, 0.29) is 0 Å². The van der Waals surface area contributed by atoms with Crippen LogP contribution in [0.1, 0.15) is 19.3 Å². The molecule has 0 nitrogen and oxygen atoms in total.